The Bertz CT molecular complexity index is 336. The lowest BCUT2D eigenvalue weighted by Crippen LogP contribution is -2.38. The van der Waals surface area contributed by atoms with Crippen LogP contribution in [0.1, 0.15) is 84.5 Å². The molecule has 0 atom stereocenters. The molecule has 1 nitrogen and oxygen atoms in total. The zero-order chi connectivity index (χ0) is 16.5. The highest BCUT2D eigenvalue weighted by Crippen LogP contribution is 2.51. The van der Waals surface area contributed by atoms with Crippen molar-refractivity contribution in [3.63, 3.8) is 0 Å². The van der Waals surface area contributed by atoms with Gasteiger partial charge in [0.05, 0.1) is 6.10 Å². The van der Waals surface area contributed by atoms with E-state index < -0.39 is 0 Å². The molecule has 2 aliphatic carbocycles. The van der Waals surface area contributed by atoms with Gasteiger partial charge < -0.3 is 4.74 Å². The second-order valence-corrected chi connectivity index (χ2v) is 7.79. The standard InChI is InChI=1S/C21H37FO/c1-3-21(15-13-20(14-16-21)23-4-2)19-11-9-18(10-12-19)8-6-5-7-17-22/h5,7,18-20H,3-4,6,8-17H2,1-2H3/b7-5+/t18?,19?,20-,21+. The lowest BCUT2D eigenvalue weighted by molar-refractivity contribution is -0.0296. The van der Waals surface area contributed by atoms with Gasteiger partial charge in [-0.2, -0.15) is 0 Å². The Kier molecular flexibility index (Phi) is 8.09. The molecule has 0 radical (unpaired) electrons. The summed E-state index contributed by atoms with van der Waals surface area (Å²) >= 11 is 0. The van der Waals surface area contributed by atoms with Crippen LogP contribution in [0.4, 0.5) is 4.39 Å². The fraction of sp³-hybridized carbons (Fsp3) is 0.905. The number of hydrogen-bond donors (Lipinski definition) is 0. The largest absolute Gasteiger partial charge is 0.379 e. The van der Waals surface area contributed by atoms with Crippen molar-refractivity contribution in [3.8, 4) is 0 Å². The van der Waals surface area contributed by atoms with E-state index in [2.05, 4.69) is 13.8 Å². The molecule has 0 heterocycles. The van der Waals surface area contributed by atoms with Gasteiger partial charge in [0.2, 0.25) is 0 Å². The third kappa shape index (κ3) is 5.31. The Balaban J connectivity index is 1.77. The van der Waals surface area contributed by atoms with Crippen molar-refractivity contribution >= 4 is 0 Å². The Morgan fingerprint density at radius 3 is 2.26 bits per heavy atom. The molecule has 2 rings (SSSR count). The summed E-state index contributed by atoms with van der Waals surface area (Å²) in [6.07, 6.45) is 18.8. The number of rotatable bonds is 8. The molecule has 0 aromatic carbocycles. The molecular weight excluding hydrogens is 287 g/mol. The molecule has 0 unspecified atom stereocenters. The van der Waals surface area contributed by atoms with E-state index in [4.69, 9.17) is 4.74 Å². The van der Waals surface area contributed by atoms with Crippen molar-refractivity contribution in [2.24, 2.45) is 17.3 Å². The maximum absolute atomic E-state index is 12.1. The Labute approximate surface area is 143 Å². The van der Waals surface area contributed by atoms with E-state index in [-0.39, 0.29) is 6.67 Å². The summed E-state index contributed by atoms with van der Waals surface area (Å²) in [4.78, 5) is 0. The molecule has 2 saturated carbocycles. The van der Waals surface area contributed by atoms with Crippen LogP contribution in [0.5, 0.6) is 0 Å². The summed E-state index contributed by atoms with van der Waals surface area (Å²) in [6, 6.07) is 0. The summed E-state index contributed by atoms with van der Waals surface area (Å²) in [7, 11) is 0. The molecule has 2 aliphatic rings. The first-order valence-electron chi connectivity index (χ1n) is 10.1. The van der Waals surface area contributed by atoms with Gasteiger partial charge in [-0.25, -0.2) is 4.39 Å². The number of allylic oxidation sites excluding steroid dienone is 2. The predicted octanol–water partition coefficient (Wildman–Crippen LogP) is 6.47. The highest BCUT2D eigenvalue weighted by atomic mass is 19.1. The maximum Gasteiger partial charge on any atom is 0.108 e. The van der Waals surface area contributed by atoms with Gasteiger partial charge in [0.1, 0.15) is 6.67 Å². The van der Waals surface area contributed by atoms with Gasteiger partial charge in [-0.15, -0.1) is 0 Å². The Morgan fingerprint density at radius 2 is 1.70 bits per heavy atom. The zero-order valence-electron chi connectivity index (χ0n) is 15.4. The first-order chi connectivity index (χ1) is 11.2. The molecule has 0 aliphatic heterocycles. The van der Waals surface area contributed by atoms with E-state index in [0.717, 1.165) is 24.9 Å². The van der Waals surface area contributed by atoms with Crippen molar-refractivity contribution in [1.29, 1.82) is 0 Å². The van der Waals surface area contributed by atoms with Crippen LogP contribution in [0.3, 0.4) is 0 Å². The zero-order valence-corrected chi connectivity index (χ0v) is 15.4. The number of halogens is 1. The second-order valence-electron chi connectivity index (χ2n) is 7.79. The van der Waals surface area contributed by atoms with Crippen molar-refractivity contribution in [2.75, 3.05) is 13.3 Å². The summed E-state index contributed by atoms with van der Waals surface area (Å²) in [5, 5.41) is 0. The smallest absolute Gasteiger partial charge is 0.108 e. The van der Waals surface area contributed by atoms with Crippen LogP contribution < -0.4 is 0 Å². The minimum atomic E-state index is -0.311. The van der Waals surface area contributed by atoms with Crippen LogP contribution in [-0.2, 0) is 4.74 Å². The molecular formula is C21H37FO. The lowest BCUT2D eigenvalue weighted by atomic mass is 9.59. The van der Waals surface area contributed by atoms with E-state index in [9.17, 15) is 4.39 Å². The molecule has 23 heavy (non-hydrogen) atoms. The molecule has 0 N–H and O–H groups in total. The molecule has 2 fully saturated rings. The van der Waals surface area contributed by atoms with Crippen LogP contribution >= 0.6 is 0 Å². The first kappa shape index (κ1) is 19.0. The summed E-state index contributed by atoms with van der Waals surface area (Å²) in [5.41, 5.74) is 0.604. The highest BCUT2D eigenvalue weighted by Gasteiger charge is 2.41. The molecule has 2 heteroatoms. The van der Waals surface area contributed by atoms with E-state index in [1.165, 1.54) is 64.2 Å². The fourth-order valence-electron chi connectivity index (χ4n) is 5.20. The van der Waals surface area contributed by atoms with Gasteiger partial charge in [0.25, 0.3) is 0 Å². The van der Waals surface area contributed by atoms with Crippen LogP contribution in [0.25, 0.3) is 0 Å². The van der Waals surface area contributed by atoms with Crippen molar-refractivity contribution in [3.05, 3.63) is 12.2 Å². The second kappa shape index (κ2) is 9.81. The number of hydrogen-bond acceptors (Lipinski definition) is 1. The molecule has 134 valence electrons. The van der Waals surface area contributed by atoms with Crippen molar-refractivity contribution < 1.29 is 9.13 Å². The van der Waals surface area contributed by atoms with Gasteiger partial charge in [0.15, 0.2) is 0 Å². The van der Waals surface area contributed by atoms with Gasteiger partial charge in [-0.3, -0.25) is 0 Å². The summed E-state index contributed by atoms with van der Waals surface area (Å²) < 4.78 is 17.9. The van der Waals surface area contributed by atoms with Gasteiger partial charge >= 0.3 is 0 Å². The third-order valence-electron chi connectivity index (χ3n) is 6.75. The predicted molar refractivity (Wildman–Crippen MR) is 96.4 cm³/mol. The molecule has 0 spiro atoms. The topological polar surface area (TPSA) is 9.23 Å². The van der Waals surface area contributed by atoms with Gasteiger partial charge in [-0.05, 0) is 75.5 Å². The van der Waals surface area contributed by atoms with Crippen LogP contribution in [0, 0.1) is 17.3 Å². The average molecular weight is 325 g/mol. The van der Waals surface area contributed by atoms with Gasteiger partial charge in [-0.1, -0.05) is 38.3 Å². The normalized spacial score (nSPS) is 35.7. The summed E-state index contributed by atoms with van der Waals surface area (Å²) in [5.74, 6) is 1.82. The molecule has 0 aromatic heterocycles. The molecule has 0 saturated heterocycles. The van der Waals surface area contributed by atoms with Crippen LogP contribution in [-0.4, -0.2) is 19.4 Å². The Morgan fingerprint density at radius 1 is 1.00 bits per heavy atom. The number of ether oxygens (including phenoxy) is 1. The SMILES string of the molecule is CCO[C@H]1CC[C@@](CC)(C2CCC(CC/C=C/CF)CC2)CC1. The maximum atomic E-state index is 12.1. The van der Waals surface area contributed by atoms with Crippen LogP contribution in [0.15, 0.2) is 12.2 Å². The lowest BCUT2D eigenvalue weighted by Gasteiger charge is -2.47. The van der Waals surface area contributed by atoms with Gasteiger partial charge in [0, 0.05) is 6.61 Å². The minimum Gasteiger partial charge on any atom is -0.379 e. The van der Waals surface area contributed by atoms with E-state index in [1.807, 2.05) is 6.08 Å². The van der Waals surface area contributed by atoms with Crippen molar-refractivity contribution in [1.82, 2.24) is 0 Å². The summed E-state index contributed by atoms with van der Waals surface area (Å²) in [6.45, 7) is 5.08. The number of alkyl halides is 1. The highest BCUT2D eigenvalue weighted by molar-refractivity contribution is 4.93. The van der Waals surface area contributed by atoms with Crippen LogP contribution in [0.2, 0.25) is 0 Å². The average Bonchev–Trinajstić information content (AvgIpc) is 2.60. The van der Waals surface area contributed by atoms with E-state index >= 15 is 0 Å². The molecule has 0 bridgehead atoms. The monoisotopic (exact) mass is 324 g/mol. The van der Waals surface area contributed by atoms with Crippen molar-refractivity contribution in [2.45, 2.75) is 90.6 Å². The molecule has 0 aromatic rings. The quantitative estimate of drug-likeness (QED) is 0.465. The fourth-order valence-corrected chi connectivity index (χ4v) is 5.20. The molecule has 0 amide bonds. The first-order valence-corrected chi connectivity index (χ1v) is 10.1. The van der Waals surface area contributed by atoms with E-state index in [1.54, 1.807) is 6.08 Å². The van der Waals surface area contributed by atoms with E-state index in [0.29, 0.717) is 11.5 Å². The Hall–Kier alpha value is -0.370. The minimum absolute atomic E-state index is 0.311. The third-order valence-corrected chi connectivity index (χ3v) is 6.75.